The Balaban J connectivity index is 2.91. The lowest BCUT2D eigenvalue weighted by atomic mass is 10.1. The van der Waals surface area contributed by atoms with Crippen molar-refractivity contribution in [3.8, 4) is 0 Å². The highest BCUT2D eigenvalue weighted by Crippen LogP contribution is 2.27. The summed E-state index contributed by atoms with van der Waals surface area (Å²) in [6.45, 7) is 3.77. The van der Waals surface area contributed by atoms with Crippen molar-refractivity contribution < 1.29 is 10.0 Å². The minimum absolute atomic E-state index is 0.0297. The summed E-state index contributed by atoms with van der Waals surface area (Å²) in [5, 5.41) is 20.5. The summed E-state index contributed by atoms with van der Waals surface area (Å²) in [5.74, 6) is 0. The van der Waals surface area contributed by atoms with Gasteiger partial charge in [-0.3, -0.25) is 15.0 Å². The number of unbranched alkanes of at least 4 members (excludes halogenated alkanes) is 1. The fourth-order valence-electron chi connectivity index (χ4n) is 1.89. The number of aliphatic hydroxyl groups excluding tert-OH is 1. The molecule has 0 radical (unpaired) electrons. The smallest absolute Gasteiger partial charge is 0.275 e. The van der Waals surface area contributed by atoms with Gasteiger partial charge < -0.3 is 5.11 Å². The zero-order chi connectivity index (χ0) is 14.3. The fraction of sp³-hybridized carbons (Fsp3) is 0.538. The number of aliphatic hydroxyl groups is 1. The van der Waals surface area contributed by atoms with E-state index in [4.69, 9.17) is 16.7 Å². The molecule has 0 amide bonds. The summed E-state index contributed by atoms with van der Waals surface area (Å²) in [7, 11) is 0. The van der Waals surface area contributed by atoms with Crippen molar-refractivity contribution in [3.63, 3.8) is 0 Å². The molecule has 0 aliphatic rings. The predicted octanol–water partition coefficient (Wildman–Crippen LogP) is 2.84. The molecular formula is C13H19ClN2O3. The van der Waals surface area contributed by atoms with Gasteiger partial charge in [0.05, 0.1) is 22.1 Å². The maximum absolute atomic E-state index is 11.0. The molecule has 0 bridgehead atoms. The van der Waals surface area contributed by atoms with Crippen LogP contribution in [0.5, 0.6) is 0 Å². The molecule has 106 valence electrons. The van der Waals surface area contributed by atoms with Crippen molar-refractivity contribution in [3.05, 3.63) is 38.9 Å². The normalized spacial score (nSPS) is 10.9. The van der Waals surface area contributed by atoms with E-state index in [1.807, 2.05) is 4.90 Å². The molecule has 0 aliphatic heterocycles. The second-order valence-corrected chi connectivity index (χ2v) is 4.76. The van der Waals surface area contributed by atoms with E-state index in [9.17, 15) is 10.1 Å². The number of rotatable bonds is 8. The summed E-state index contributed by atoms with van der Waals surface area (Å²) < 4.78 is 0. The van der Waals surface area contributed by atoms with Crippen LogP contribution >= 0.6 is 11.6 Å². The van der Waals surface area contributed by atoms with Crippen LogP contribution in [0.1, 0.15) is 25.3 Å². The third kappa shape index (κ3) is 4.78. The second-order valence-electron chi connectivity index (χ2n) is 4.35. The quantitative estimate of drug-likeness (QED) is 0.589. The lowest BCUT2D eigenvalue weighted by Crippen LogP contribution is -2.28. The van der Waals surface area contributed by atoms with Crippen LogP contribution in [0.15, 0.2) is 18.2 Å². The molecule has 19 heavy (non-hydrogen) atoms. The summed E-state index contributed by atoms with van der Waals surface area (Å²) in [6.07, 6.45) is 2.02. The molecule has 0 unspecified atom stereocenters. The highest BCUT2D eigenvalue weighted by atomic mass is 35.5. The number of hydrogen-bond donors (Lipinski definition) is 1. The molecule has 0 aromatic heterocycles. The van der Waals surface area contributed by atoms with Crippen molar-refractivity contribution in [2.24, 2.45) is 0 Å². The van der Waals surface area contributed by atoms with Crippen LogP contribution in [0, 0.1) is 10.1 Å². The zero-order valence-electron chi connectivity index (χ0n) is 11.0. The van der Waals surface area contributed by atoms with E-state index in [-0.39, 0.29) is 12.3 Å². The molecule has 0 saturated heterocycles. The minimum atomic E-state index is -0.418. The Labute approximate surface area is 117 Å². The molecule has 0 fully saturated rings. The van der Waals surface area contributed by atoms with Crippen molar-refractivity contribution in [2.45, 2.75) is 26.3 Å². The number of nitro benzene ring substituents is 1. The lowest BCUT2D eigenvalue weighted by Gasteiger charge is -2.21. The molecule has 6 heteroatoms. The summed E-state index contributed by atoms with van der Waals surface area (Å²) in [6, 6.07) is 4.69. The molecule has 0 aliphatic carbocycles. The number of halogens is 1. The van der Waals surface area contributed by atoms with Gasteiger partial charge in [0.15, 0.2) is 0 Å². The zero-order valence-corrected chi connectivity index (χ0v) is 11.8. The van der Waals surface area contributed by atoms with E-state index in [0.29, 0.717) is 23.7 Å². The lowest BCUT2D eigenvalue weighted by molar-refractivity contribution is -0.385. The first-order valence-electron chi connectivity index (χ1n) is 6.35. The first kappa shape index (κ1) is 15.9. The van der Waals surface area contributed by atoms with E-state index in [2.05, 4.69) is 6.92 Å². The molecule has 1 N–H and O–H groups in total. The molecule has 0 saturated carbocycles. The van der Waals surface area contributed by atoms with Crippen molar-refractivity contribution in [1.82, 2.24) is 4.90 Å². The number of nitro groups is 1. The SMILES string of the molecule is CCCCN(CCO)Cc1c(Cl)cccc1[N+](=O)[O-]. The van der Waals surface area contributed by atoms with Crippen molar-refractivity contribution in [2.75, 3.05) is 19.7 Å². The monoisotopic (exact) mass is 286 g/mol. The van der Waals surface area contributed by atoms with Gasteiger partial charge in [-0.25, -0.2) is 0 Å². The molecule has 0 heterocycles. The van der Waals surface area contributed by atoms with Gasteiger partial charge in [-0.15, -0.1) is 0 Å². The van der Waals surface area contributed by atoms with Crippen LogP contribution in [0.25, 0.3) is 0 Å². The van der Waals surface area contributed by atoms with Gasteiger partial charge in [0.1, 0.15) is 0 Å². The Morgan fingerprint density at radius 3 is 2.74 bits per heavy atom. The van der Waals surface area contributed by atoms with Crippen LogP contribution in [0.2, 0.25) is 5.02 Å². The van der Waals surface area contributed by atoms with Gasteiger partial charge in [-0.2, -0.15) is 0 Å². The summed E-state index contributed by atoms with van der Waals surface area (Å²) >= 11 is 6.06. The van der Waals surface area contributed by atoms with Gasteiger partial charge in [0.25, 0.3) is 5.69 Å². The first-order chi connectivity index (χ1) is 9.10. The van der Waals surface area contributed by atoms with E-state index in [1.54, 1.807) is 12.1 Å². The Hall–Kier alpha value is -1.17. The van der Waals surface area contributed by atoms with Gasteiger partial charge in [-0.05, 0) is 19.0 Å². The molecule has 1 rings (SSSR count). The highest BCUT2D eigenvalue weighted by Gasteiger charge is 2.18. The first-order valence-corrected chi connectivity index (χ1v) is 6.73. The Morgan fingerprint density at radius 2 is 2.16 bits per heavy atom. The van der Waals surface area contributed by atoms with Crippen LogP contribution < -0.4 is 0 Å². The maximum Gasteiger partial charge on any atom is 0.275 e. The number of nitrogens with zero attached hydrogens (tertiary/aromatic N) is 2. The van der Waals surface area contributed by atoms with Crippen LogP contribution in [0.4, 0.5) is 5.69 Å². The molecule has 1 aromatic rings. The Kier molecular flexibility index (Phi) is 6.77. The Bertz CT molecular complexity index is 426. The standard InChI is InChI=1S/C13H19ClN2O3/c1-2-3-7-15(8-9-17)10-11-12(14)5-4-6-13(11)16(18)19/h4-6,17H,2-3,7-10H2,1H3. The average molecular weight is 287 g/mol. The minimum Gasteiger partial charge on any atom is -0.395 e. The summed E-state index contributed by atoms with van der Waals surface area (Å²) in [5.41, 5.74) is 0.547. The van der Waals surface area contributed by atoms with Gasteiger partial charge in [0.2, 0.25) is 0 Å². The molecule has 1 aromatic carbocycles. The van der Waals surface area contributed by atoms with Gasteiger partial charge in [0, 0.05) is 19.2 Å². The van der Waals surface area contributed by atoms with Crippen LogP contribution in [-0.4, -0.2) is 34.6 Å². The predicted molar refractivity (Wildman–Crippen MR) is 75.4 cm³/mol. The molecule has 0 atom stereocenters. The summed E-state index contributed by atoms with van der Waals surface area (Å²) in [4.78, 5) is 12.6. The van der Waals surface area contributed by atoms with Crippen molar-refractivity contribution in [1.29, 1.82) is 0 Å². The van der Waals surface area contributed by atoms with Crippen molar-refractivity contribution >= 4 is 17.3 Å². The third-order valence-electron chi connectivity index (χ3n) is 2.92. The molecule has 0 spiro atoms. The van der Waals surface area contributed by atoms with E-state index >= 15 is 0 Å². The topological polar surface area (TPSA) is 66.6 Å². The third-order valence-corrected chi connectivity index (χ3v) is 3.27. The fourth-order valence-corrected chi connectivity index (χ4v) is 2.12. The van der Waals surface area contributed by atoms with Gasteiger partial charge in [-0.1, -0.05) is 31.0 Å². The van der Waals surface area contributed by atoms with E-state index < -0.39 is 4.92 Å². The highest BCUT2D eigenvalue weighted by molar-refractivity contribution is 6.31. The van der Waals surface area contributed by atoms with Crippen LogP contribution in [0.3, 0.4) is 0 Å². The second kappa shape index (κ2) is 8.09. The Morgan fingerprint density at radius 1 is 1.42 bits per heavy atom. The molecule has 5 nitrogen and oxygen atoms in total. The van der Waals surface area contributed by atoms with E-state index in [0.717, 1.165) is 19.4 Å². The number of hydrogen-bond acceptors (Lipinski definition) is 4. The van der Waals surface area contributed by atoms with Crippen LogP contribution in [-0.2, 0) is 6.54 Å². The average Bonchev–Trinajstić information content (AvgIpc) is 2.38. The van der Waals surface area contributed by atoms with E-state index in [1.165, 1.54) is 6.07 Å². The number of benzene rings is 1. The molecular weight excluding hydrogens is 268 g/mol. The van der Waals surface area contributed by atoms with Gasteiger partial charge >= 0.3 is 0 Å². The largest absolute Gasteiger partial charge is 0.395 e. The maximum atomic E-state index is 11.0.